The Balaban J connectivity index is 2.06. The van der Waals surface area contributed by atoms with Crippen molar-refractivity contribution < 1.29 is 19.1 Å². The lowest BCUT2D eigenvalue weighted by atomic mass is 9.95. The topological polar surface area (TPSA) is 71.6 Å². The van der Waals surface area contributed by atoms with Gasteiger partial charge in [0.25, 0.3) is 5.91 Å². The molecule has 1 aromatic heterocycles. The molecule has 27 heavy (non-hydrogen) atoms. The number of esters is 1. The summed E-state index contributed by atoms with van der Waals surface area (Å²) >= 11 is 0. The predicted octanol–water partition coefficient (Wildman–Crippen LogP) is 3.72. The Hall–Kier alpha value is -2.76. The number of ether oxygens (including phenoxy) is 2. The second-order valence-electron chi connectivity index (χ2n) is 6.82. The van der Waals surface area contributed by atoms with Crippen molar-refractivity contribution in [3.05, 3.63) is 45.8 Å². The van der Waals surface area contributed by atoms with Gasteiger partial charge < -0.3 is 19.4 Å². The first-order chi connectivity index (χ1) is 12.9. The molecule has 0 atom stereocenters. The Morgan fingerprint density at radius 2 is 1.96 bits per heavy atom. The summed E-state index contributed by atoms with van der Waals surface area (Å²) in [5.74, 6) is 0.126. The molecule has 1 aromatic carbocycles. The molecular formula is C21H26N2O4. The minimum atomic E-state index is -0.407. The van der Waals surface area contributed by atoms with Gasteiger partial charge in [-0.25, -0.2) is 4.79 Å². The molecule has 6 heteroatoms. The van der Waals surface area contributed by atoms with Crippen LogP contribution in [0.2, 0.25) is 0 Å². The Morgan fingerprint density at radius 1 is 1.22 bits per heavy atom. The number of carbonyl (C=O) groups is 2. The first-order valence-corrected chi connectivity index (χ1v) is 9.25. The quantitative estimate of drug-likeness (QED) is 0.833. The van der Waals surface area contributed by atoms with Crippen molar-refractivity contribution in [3.8, 4) is 5.75 Å². The third-order valence-corrected chi connectivity index (χ3v) is 5.15. The monoisotopic (exact) mass is 370 g/mol. The fourth-order valence-electron chi connectivity index (χ4n) is 3.83. The van der Waals surface area contributed by atoms with Crippen LogP contribution in [0.4, 0.5) is 5.69 Å². The number of amides is 1. The maximum atomic E-state index is 13.4. The zero-order valence-corrected chi connectivity index (χ0v) is 16.6. The maximum absolute atomic E-state index is 13.4. The van der Waals surface area contributed by atoms with Crippen LogP contribution in [0.5, 0.6) is 5.75 Å². The number of carbonyl (C=O) groups excluding carboxylic acids is 2. The van der Waals surface area contributed by atoms with Crippen LogP contribution in [0, 0.1) is 20.8 Å². The summed E-state index contributed by atoms with van der Waals surface area (Å²) in [6.45, 7) is 8.28. The van der Waals surface area contributed by atoms with Crippen molar-refractivity contribution in [2.75, 3.05) is 25.2 Å². The van der Waals surface area contributed by atoms with E-state index in [0.29, 0.717) is 41.4 Å². The molecule has 0 aliphatic carbocycles. The number of aromatic amines is 1. The Morgan fingerprint density at radius 3 is 2.63 bits per heavy atom. The number of benzene rings is 1. The molecule has 0 saturated heterocycles. The van der Waals surface area contributed by atoms with E-state index in [1.165, 1.54) is 0 Å². The summed E-state index contributed by atoms with van der Waals surface area (Å²) in [6, 6.07) is 3.92. The van der Waals surface area contributed by atoms with Crippen molar-refractivity contribution in [3.63, 3.8) is 0 Å². The average Bonchev–Trinajstić information content (AvgIpc) is 2.95. The summed E-state index contributed by atoms with van der Waals surface area (Å²) in [5.41, 5.74) is 5.24. The third kappa shape index (κ3) is 3.20. The van der Waals surface area contributed by atoms with Gasteiger partial charge >= 0.3 is 5.97 Å². The van der Waals surface area contributed by atoms with E-state index in [1.807, 2.05) is 12.1 Å². The number of rotatable bonds is 4. The standard InChI is InChI=1S/C21H26N2O4/c1-6-27-21(25)17-13(3)18(22-14(17)4)20(24)23-11-7-8-15-12(2)9-10-16(26-5)19(15)23/h9-10,22H,6-8,11H2,1-5H3. The highest BCUT2D eigenvalue weighted by Gasteiger charge is 2.31. The first-order valence-electron chi connectivity index (χ1n) is 9.25. The number of aromatic nitrogens is 1. The molecule has 0 unspecified atom stereocenters. The summed E-state index contributed by atoms with van der Waals surface area (Å²) in [5, 5.41) is 0. The second kappa shape index (κ2) is 7.47. The SMILES string of the molecule is CCOC(=O)c1c(C)[nH]c(C(=O)N2CCCc3c(C)ccc(OC)c32)c1C. The molecule has 0 spiro atoms. The molecule has 2 heterocycles. The molecule has 1 N–H and O–H groups in total. The molecule has 0 bridgehead atoms. The van der Waals surface area contributed by atoms with Gasteiger partial charge in [0.05, 0.1) is 25.0 Å². The van der Waals surface area contributed by atoms with Gasteiger partial charge in [-0.05, 0) is 63.3 Å². The van der Waals surface area contributed by atoms with Crippen LogP contribution in [0.25, 0.3) is 0 Å². The molecular weight excluding hydrogens is 344 g/mol. The van der Waals surface area contributed by atoms with Crippen LogP contribution >= 0.6 is 0 Å². The summed E-state index contributed by atoms with van der Waals surface area (Å²) in [7, 11) is 1.62. The molecule has 144 valence electrons. The number of nitrogens with one attached hydrogen (secondary N) is 1. The van der Waals surface area contributed by atoms with Crippen LogP contribution in [0.15, 0.2) is 12.1 Å². The molecule has 0 fully saturated rings. The highest BCUT2D eigenvalue weighted by atomic mass is 16.5. The average molecular weight is 370 g/mol. The van der Waals surface area contributed by atoms with Gasteiger partial charge in [0.1, 0.15) is 11.4 Å². The highest BCUT2D eigenvalue weighted by Crippen LogP contribution is 2.39. The van der Waals surface area contributed by atoms with E-state index < -0.39 is 5.97 Å². The Kier molecular flexibility index (Phi) is 5.26. The zero-order valence-electron chi connectivity index (χ0n) is 16.6. The lowest BCUT2D eigenvalue weighted by Crippen LogP contribution is -2.36. The van der Waals surface area contributed by atoms with Crippen molar-refractivity contribution in [1.29, 1.82) is 0 Å². The first kappa shape index (κ1) is 19.0. The van der Waals surface area contributed by atoms with Crippen molar-refractivity contribution in [1.82, 2.24) is 4.98 Å². The number of anilines is 1. The number of nitrogens with zero attached hydrogens (tertiary/aromatic N) is 1. The molecule has 1 aliphatic rings. The van der Waals surface area contributed by atoms with Gasteiger partial charge in [-0.2, -0.15) is 0 Å². The molecule has 3 rings (SSSR count). The largest absolute Gasteiger partial charge is 0.495 e. The summed E-state index contributed by atoms with van der Waals surface area (Å²) in [6.07, 6.45) is 1.80. The fourth-order valence-corrected chi connectivity index (χ4v) is 3.83. The lowest BCUT2D eigenvalue weighted by molar-refractivity contribution is 0.0525. The lowest BCUT2D eigenvalue weighted by Gasteiger charge is -2.32. The number of hydrogen-bond donors (Lipinski definition) is 1. The van der Waals surface area contributed by atoms with Crippen molar-refractivity contribution in [2.45, 2.75) is 40.5 Å². The minimum absolute atomic E-state index is 0.156. The van der Waals surface area contributed by atoms with E-state index in [4.69, 9.17) is 9.47 Å². The second-order valence-corrected chi connectivity index (χ2v) is 6.82. The van der Waals surface area contributed by atoms with Gasteiger partial charge in [-0.3, -0.25) is 4.79 Å². The van der Waals surface area contributed by atoms with Gasteiger partial charge in [0, 0.05) is 12.2 Å². The number of hydrogen-bond acceptors (Lipinski definition) is 4. The molecule has 2 aromatic rings. The van der Waals surface area contributed by atoms with E-state index >= 15 is 0 Å². The maximum Gasteiger partial charge on any atom is 0.340 e. The predicted molar refractivity (Wildman–Crippen MR) is 104 cm³/mol. The van der Waals surface area contributed by atoms with E-state index in [2.05, 4.69) is 11.9 Å². The van der Waals surface area contributed by atoms with E-state index in [9.17, 15) is 9.59 Å². The fraction of sp³-hybridized carbons (Fsp3) is 0.429. The minimum Gasteiger partial charge on any atom is -0.495 e. The highest BCUT2D eigenvalue weighted by molar-refractivity contribution is 6.09. The van der Waals surface area contributed by atoms with Crippen LogP contribution in [-0.4, -0.2) is 37.1 Å². The van der Waals surface area contributed by atoms with E-state index in [-0.39, 0.29) is 5.91 Å². The molecule has 1 amide bonds. The van der Waals surface area contributed by atoms with Crippen molar-refractivity contribution >= 4 is 17.6 Å². The van der Waals surface area contributed by atoms with Crippen LogP contribution in [0.1, 0.15) is 56.6 Å². The van der Waals surface area contributed by atoms with Gasteiger partial charge in [0.15, 0.2) is 0 Å². The van der Waals surface area contributed by atoms with Crippen LogP contribution < -0.4 is 9.64 Å². The third-order valence-electron chi connectivity index (χ3n) is 5.15. The van der Waals surface area contributed by atoms with E-state index in [0.717, 1.165) is 29.7 Å². The molecule has 1 aliphatic heterocycles. The van der Waals surface area contributed by atoms with Crippen LogP contribution in [-0.2, 0) is 11.2 Å². The summed E-state index contributed by atoms with van der Waals surface area (Å²) < 4.78 is 10.7. The zero-order chi connectivity index (χ0) is 19.7. The Bertz CT molecular complexity index is 898. The van der Waals surface area contributed by atoms with Crippen LogP contribution in [0.3, 0.4) is 0 Å². The smallest absolute Gasteiger partial charge is 0.340 e. The van der Waals surface area contributed by atoms with Gasteiger partial charge in [-0.1, -0.05) is 6.07 Å². The molecule has 6 nitrogen and oxygen atoms in total. The number of H-pyrrole nitrogens is 1. The van der Waals surface area contributed by atoms with E-state index in [1.54, 1.807) is 32.8 Å². The number of fused-ring (bicyclic) bond motifs is 1. The number of methoxy groups -OCH3 is 1. The van der Waals surface area contributed by atoms with Crippen molar-refractivity contribution in [2.24, 2.45) is 0 Å². The van der Waals surface area contributed by atoms with Gasteiger partial charge in [0.2, 0.25) is 0 Å². The Labute approximate surface area is 159 Å². The summed E-state index contributed by atoms with van der Waals surface area (Å²) in [4.78, 5) is 30.5. The molecule has 0 saturated carbocycles. The van der Waals surface area contributed by atoms with Gasteiger partial charge in [-0.15, -0.1) is 0 Å². The normalized spacial score (nSPS) is 13.3. The molecule has 0 radical (unpaired) electrons. The number of aryl methyl sites for hydroxylation is 2.